The molecule has 1 unspecified atom stereocenters. The van der Waals surface area contributed by atoms with Crippen LogP contribution in [0.5, 0.6) is 0 Å². The summed E-state index contributed by atoms with van der Waals surface area (Å²) in [5.74, 6) is 0. The third-order valence-corrected chi connectivity index (χ3v) is 4.96. The maximum absolute atomic E-state index is 5.99. The van der Waals surface area contributed by atoms with E-state index in [1.165, 1.54) is 31.7 Å². The molecule has 0 radical (unpaired) electrons. The quantitative estimate of drug-likeness (QED) is 0.641. The van der Waals surface area contributed by atoms with Gasteiger partial charge in [-0.1, -0.05) is 52.4 Å². The van der Waals surface area contributed by atoms with E-state index in [9.17, 15) is 0 Å². The van der Waals surface area contributed by atoms with E-state index in [0.717, 1.165) is 6.54 Å². The highest BCUT2D eigenvalue weighted by molar-refractivity contribution is 6.76. The number of hydrogen-bond acceptors (Lipinski definition) is 1. The maximum atomic E-state index is 5.99. The zero-order valence-electron chi connectivity index (χ0n) is 10.8. The van der Waals surface area contributed by atoms with Crippen LogP contribution in [0.15, 0.2) is 0 Å². The van der Waals surface area contributed by atoms with Gasteiger partial charge in [0.1, 0.15) is 0 Å². The molecule has 0 saturated carbocycles. The molecule has 0 aromatic rings. The SMILES string of the molecule is CCCCC(CC)(CN)C[Si](C)(C)C. The highest BCUT2D eigenvalue weighted by Crippen LogP contribution is 2.36. The van der Waals surface area contributed by atoms with Gasteiger partial charge in [-0.3, -0.25) is 0 Å². The van der Waals surface area contributed by atoms with Crippen LogP contribution in [0.25, 0.3) is 0 Å². The first-order valence-corrected chi connectivity index (χ1v) is 9.80. The van der Waals surface area contributed by atoms with Crippen molar-refractivity contribution in [3.8, 4) is 0 Å². The Hall–Kier alpha value is 0.177. The Kier molecular flexibility index (Phi) is 5.99. The topological polar surface area (TPSA) is 26.0 Å². The largest absolute Gasteiger partial charge is 0.330 e. The van der Waals surface area contributed by atoms with Crippen LogP contribution in [0.2, 0.25) is 25.7 Å². The predicted octanol–water partition coefficient (Wildman–Crippen LogP) is 3.87. The average molecular weight is 215 g/mol. The minimum Gasteiger partial charge on any atom is -0.330 e. The van der Waals surface area contributed by atoms with Gasteiger partial charge in [0.2, 0.25) is 0 Å². The highest BCUT2D eigenvalue weighted by atomic mass is 28.3. The van der Waals surface area contributed by atoms with E-state index in [2.05, 4.69) is 33.5 Å². The molecule has 0 aromatic carbocycles. The third-order valence-electron chi connectivity index (χ3n) is 3.15. The Balaban J connectivity index is 4.36. The fourth-order valence-electron chi connectivity index (χ4n) is 2.39. The Bertz CT molecular complexity index is 145. The van der Waals surface area contributed by atoms with Crippen molar-refractivity contribution in [1.29, 1.82) is 0 Å². The molecular formula is C12H29NSi. The molecule has 0 saturated heterocycles. The van der Waals surface area contributed by atoms with E-state index in [1.807, 2.05) is 0 Å². The first kappa shape index (κ1) is 14.2. The van der Waals surface area contributed by atoms with E-state index < -0.39 is 8.07 Å². The summed E-state index contributed by atoms with van der Waals surface area (Å²) >= 11 is 0. The second kappa shape index (κ2) is 5.91. The molecule has 2 N–H and O–H groups in total. The van der Waals surface area contributed by atoms with Crippen molar-refractivity contribution in [2.24, 2.45) is 11.1 Å². The van der Waals surface area contributed by atoms with Crippen molar-refractivity contribution in [3.63, 3.8) is 0 Å². The molecule has 2 heteroatoms. The van der Waals surface area contributed by atoms with Gasteiger partial charge in [-0.25, -0.2) is 0 Å². The summed E-state index contributed by atoms with van der Waals surface area (Å²) in [5, 5.41) is 0. The van der Waals surface area contributed by atoms with Crippen molar-refractivity contribution in [2.75, 3.05) is 6.54 Å². The number of hydrogen-bond donors (Lipinski definition) is 1. The minimum atomic E-state index is -0.965. The van der Waals surface area contributed by atoms with Gasteiger partial charge in [-0.15, -0.1) is 0 Å². The summed E-state index contributed by atoms with van der Waals surface area (Å²) in [5.41, 5.74) is 6.45. The van der Waals surface area contributed by atoms with Crippen LogP contribution in [0, 0.1) is 5.41 Å². The molecule has 0 aliphatic rings. The molecule has 0 heterocycles. The zero-order valence-corrected chi connectivity index (χ0v) is 11.8. The number of unbranched alkanes of at least 4 members (excludes halogenated alkanes) is 1. The van der Waals surface area contributed by atoms with E-state index in [0.29, 0.717) is 5.41 Å². The summed E-state index contributed by atoms with van der Waals surface area (Å²) in [7, 11) is -0.965. The van der Waals surface area contributed by atoms with Crippen molar-refractivity contribution >= 4 is 8.07 Å². The third kappa shape index (κ3) is 5.16. The molecule has 1 atom stereocenters. The van der Waals surface area contributed by atoms with Crippen LogP contribution in [0.3, 0.4) is 0 Å². The van der Waals surface area contributed by atoms with Crippen molar-refractivity contribution in [2.45, 2.75) is 65.2 Å². The van der Waals surface area contributed by atoms with Gasteiger partial charge >= 0.3 is 0 Å². The number of rotatable bonds is 7. The Morgan fingerprint density at radius 3 is 2.00 bits per heavy atom. The summed E-state index contributed by atoms with van der Waals surface area (Å²) in [6.45, 7) is 12.8. The van der Waals surface area contributed by atoms with Crippen LogP contribution in [-0.2, 0) is 0 Å². The molecule has 0 rings (SSSR count). The molecule has 0 spiro atoms. The minimum absolute atomic E-state index is 0.459. The predicted molar refractivity (Wildman–Crippen MR) is 69.5 cm³/mol. The van der Waals surface area contributed by atoms with E-state index in [1.54, 1.807) is 0 Å². The summed E-state index contributed by atoms with van der Waals surface area (Å²) < 4.78 is 0. The first-order chi connectivity index (χ1) is 6.39. The summed E-state index contributed by atoms with van der Waals surface area (Å²) in [6, 6.07) is 1.40. The second-order valence-electron chi connectivity index (χ2n) is 5.90. The lowest BCUT2D eigenvalue weighted by molar-refractivity contribution is 0.283. The van der Waals surface area contributed by atoms with Crippen molar-refractivity contribution in [3.05, 3.63) is 0 Å². The van der Waals surface area contributed by atoms with Gasteiger partial charge in [0, 0.05) is 8.07 Å². The van der Waals surface area contributed by atoms with Gasteiger partial charge in [0.05, 0.1) is 0 Å². The molecule has 0 aliphatic heterocycles. The molecule has 0 aromatic heterocycles. The lowest BCUT2D eigenvalue weighted by atomic mass is 9.82. The summed E-state index contributed by atoms with van der Waals surface area (Å²) in [6.07, 6.45) is 5.23. The lowest BCUT2D eigenvalue weighted by Gasteiger charge is -2.36. The molecular weight excluding hydrogens is 186 g/mol. The van der Waals surface area contributed by atoms with Crippen LogP contribution < -0.4 is 5.73 Å². The molecule has 0 fully saturated rings. The van der Waals surface area contributed by atoms with E-state index in [-0.39, 0.29) is 0 Å². The highest BCUT2D eigenvalue weighted by Gasteiger charge is 2.31. The van der Waals surface area contributed by atoms with Crippen LogP contribution >= 0.6 is 0 Å². The molecule has 14 heavy (non-hydrogen) atoms. The average Bonchev–Trinajstić information content (AvgIpc) is 2.10. The van der Waals surface area contributed by atoms with Gasteiger partial charge in [0.25, 0.3) is 0 Å². The maximum Gasteiger partial charge on any atom is 0.0448 e. The van der Waals surface area contributed by atoms with Crippen molar-refractivity contribution in [1.82, 2.24) is 0 Å². The molecule has 1 nitrogen and oxygen atoms in total. The standard InChI is InChI=1S/C12H29NSi/c1-6-8-9-12(7-2,10-13)11-14(3,4)5/h6-11,13H2,1-5H3. The van der Waals surface area contributed by atoms with Crippen LogP contribution in [-0.4, -0.2) is 14.6 Å². The van der Waals surface area contributed by atoms with Crippen LogP contribution in [0.1, 0.15) is 39.5 Å². The van der Waals surface area contributed by atoms with Gasteiger partial charge in [0.15, 0.2) is 0 Å². The number of nitrogens with two attached hydrogens (primary N) is 1. The van der Waals surface area contributed by atoms with E-state index in [4.69, 9.17) is 5.73 Å². The fourth-order valence-corrected chi connectivity index (χ4v) is 5.21. The molecule has 0 bridgehead atoms. The van der Waals surface area contributed by atoms with Crippen molar-refractivity contribution < 1.29 is 0 Å². The zero-order chi connectivity index (χ0) is 11.2. The molecule has 0 amide bonds. The van der Waals surface area contributed by atoms with Gasteiger partial charge < -0.3 is 5.73 Å². The Morgan fingerprint density at radius 1 is 1.14 bits per heavy atom. The summed E-state index contributed by atoms with van der Waals surface area (Å²) in [4.78, 5) is 0. The molecule has 86 valence electrons. The monoisotopic (exact) mass is 215 g/mol. The lowest BCUT2D eigenvalue weighted by Crippen LogP contribution is -2.37. The van der Waals surface area contributed by atoms with Gasteiger partial charge in [-0.05, 0) is 24.8 Å². The fraction of sp³-hybridized carbons (Fsp3) is 1.00. The van der Waals surface area contributed by atoms with Crippen LogP contribution in [0.4, 0.5) is 0 Å². The second-order valence-corrected chi connectivity index (χ2v) is 11.4. The molecule has 0 aliphatic carbocycles. The van der Waals surface area contributed by atoms with E-state index >= 15 is 0 Å². The normalized spacial score (nSPS) is 16.7. The Labute approximate surface area is 91.5 Å². The first-order valence-electron chi connectivity index (χ1n) is 6.09. The Morgan fingerprint density at radius 2 is 1.71 bits per heavy atom. The van der Waals surface area contributed by atoms with Gasteiger partial charge in [-0.2, -0.15) is 0 Å². The smallest absolute Gasteiger partial charge is 0.0448 e.